The maximum atomic E-state index is 13.0. The van der Waals surface area contributed by atoms with Crippen molar-refractivity contribution >= 4 is 16.9 Å². The van der Waals surface area contributed by atoms with Crippen molar-refractivity contribution in [2.24, 2.45) is 0 Å². The van der Waals surface area contributed by atoms with Gasteiger partial charge in [0, 0.05) is 13.0 Å². The van der Waals surface area contributed by atoms with E-state index in [4.69, 9.17) is 18.6 Å². The van der Waals surface area contributed by atoms with Crippen LogP contribution >= 0.6 is 0 Å². The molecule has 0 radical (unpaired) electrons. The lowest BCUT2D eigenvalue weighted by Crippen LogP contribution is -2.10. The Balaban J connectivity index is 2.34. The lowest BCUT2D eigenvalue weighted by molar-refractivity contribution is -0.132. The summed E-state index contributed by atoms with van der Waals surface area (Å²) in [5.74, 6) is -0.252. The van der Waals surface area contributed by atoms with Crippen molar-refractivity contribution in [3.05, 3.63) is 46.8 Å². The standard InChI is InChI=1S/C19H16O7/c1-10(20)26-18-15(23-2)8-14-16(19(18)24-3)17(22)13(9-25-14)11-4-6-12(21)7-5-11/h4-9,21H,1-3H3. The van der Waals surface area contributed by atoms with Gasteiger partial charge in [0.2, 0.25) is 11.2 Å². The molecular weight excluding hydrogens is 340 g/mol. The molecule has 7 nitrogen and oxygen atoms in total. The topological polar surface area (TPSA) is 95.2 Å². The Morgan fingerprint density at radius 1 is 1.08 bits per heavy atom. The second-order valence-electron chi connectivity index (χ2n) is 5.43. The molecule has 0 aliphatic rings. The third-order valence-electron chi connectivity index (χ3n) is 3.79. The zero-order valence-corrected chi connectivity index (χ0v) is 14.4. The highest BCUT2D eigenvalue weighted by Gasteiger charge is 2.23. The lowest BCUT2D eigenvalue weighted by Gasteiger charge is -2.14. The highest BCUT2D eigenvalue weighted by molar-refractivity contribution is 5.92. The number of carbonyl (C=O) groups excluding carboxylic acids is 1. The number of hydrogen-bond donors (Lipinski definition) is 1. The summed E-state index contributed by atoms with van der Waals surface area (Å²) in [6.45, 7) is 1.23. The third kappa shape index (κ3) is 2.95. The van der Waals surface area contributed by atoms with Crippen LogP contribution in [0.4, 0.5) is 0 Å². The van der Waals surface area contributed by atoms with E-state index < -0.39 is 5.97 Å². The second kappa shape index (κ2) is 6.79. The van der Waals surface area contributed by atoms with Crippen LogP contribution in [0, 0.1) is 0 Å². The third-order valence-corrected chi connectivity index (χ3v) is 3.79. The maximum Gasteiger partial charge on any atom is 0.308 e. The van der Waals surface area contributed by atoms with Gasteiger partial charge in [-0.1, -0.05) is 12.1 Å². The minimum absolute atomic E-state index is 0.00477. The molecule has 0 saturated heterocycles. The number of esters is 1. The predicted octanol–water partition coefficient (Wildman–Crippen LogP) is 3.11. The van der Waals surface area contributed by atoms with Gasteiger partial charge in [-0.3, -0.25) is 9.59 Å². The Morgan fingerprint density at radius 2 is 1.77 bits per heavy atom. The summed E-state index contributed by atoms with van der Waals surface area (Å²) in [7, 11) is 2.75. The van der Waals surface area contributed by atoms with E-state index in [-0.39, 0.29) is 45.0 Å². The lowest BCUT2D eigenvalue weighted by atomic mass is 10.0. The van der Waals surface area contributed by atoms with Crippen LogP contribution in [0.25, 0.3) is 22.1 Å². The molecule has 134 valence electrons. The summed E-state index contributed by atoms with van der Waals surface area (Å²) < 4.78 is 21.3. The van der Waals surface area contributed by atoms with E-state index in [1.54, 1.807) is 12.1 Å². The van der Waals surface area contributed by atoms with Crippen molar-refractivity contribution in [1.82, 2.24) is 0 Å². The van der Waals surface area contributed by atoms with Crippen molar-refractivity contribution in [3.8, 4) is 34.1 Å². The molecule has 3 rings (SSSR count). The van der Waals surface area contributed by atoms with Crippen molar-refractivity contribution in [3.63, 3.8) is 0 Å². The van der Waals surface area contributed by atoms with Crippen LogP contribution in [-0.4, -0.2) is 25.3 Å². The van der Waals surface area contributed by atoms with Gasteiger partial charge in [0.25, 0.3) is 0 Å². The Bertz CT molecular complexity index is 1030. The number of rotatable bonds is 4. The van der Waals surface area contributed by atoms with E-state index in [1.165, 1.54) is 45.6 Å². The Hall–Kier alpha value is -3.48. The fourth-order valence-corrected chi connectivity index (χ4v) is 2.64. The van der Waals surface area contributed by atoms with E-state index in [0.717, 1.165) is 0 Å². The molecule has 0 bridgehead atoms. The molecule has 7 heteroatoms. The first-order chi connectivity index (χ1) is 12.5. The second-order valence-corrected chi connectivity index (χ2v) is 5.43. The smallest absolute Gasteiger partial charge is 0.308 e. The van der Waals surface area contributed by atoms with Gasteiger partial charge in [0.1, 0.15) is 23.0 Å². The van der Waals surface area contributed by atoms with E-state index >= 15 is 0 Å². The van der Waals surface area contributed by atoms with Crippen LogP contribution in [0.1, 0.15) is 6.92 Å². The number of hydrogen-bond acceptors (Lipinski definition) is 7. The van der Waals surface area contributed by atoms with Gasteiger partial charge in [0.05, 0.1) is 19.8 Å². The maximum absolute atomic E-state index is 13.0. The molecule has 3 aromatic rings. The molecule has 1 heterocycles. The first-order valence-corrected chi connectivity index (χ1v) is 7.64. The van der Waals surface area contributed by atoms with Crippen LogP contribution in [0.2, 0.25) is 0 Å². The van der Waals surface area contributed by atoms with Crippen LogP contribution in [0.5, 0.6) is 23.0 Å². The summed E-state index contributed by atoms with van der Waals surface area (Å²) in [5, 5.41) is 9.54. The number of ether oxygens (including phenoxy) is 3. The number of benzene rings is 2. The molecule has 26 heavy (non-hydrogen) atoms. The van der Waals surface area contributed by atoms with Gasteiger partial charge in [-0.2, -0.15) is 0 Å². The molecule has 0 saturated carbocycles. The molecule has 0 atom stereocenters. The van der Waals surface area contributed by atoms with E-state index in [0.29, 0.717) is 5.56 Å². The number of methoxy groups -OCH3 is 2. The predicted molar refractivity (Wildman–Crippen MR) is 94.0 cm³/mol. The summed E-state index contributed by atoms with van der Waals surface area (Å²) >= 11 is 0. The highest BCUT2D eigenvalue weighted by atomic mass is 16.6. The van der Waals surface area contributed by atoms with E-state index in [2.05, 4.69) is 0 Å². The number of carbonyl (C=O) groups is 1. The van der Waals surface area contributed by atoms with Gasteiger partial charge >= 0.3 is 5.97 Å². The minimum Gasteiger partial charge on any atom is -0.508 e. The first kappa shape index (κ1) is 17.3. The largest absolute Gasteiger partial charge is 0.508 e. The van der Waals surface area contributed by atoms with Crippen LogP contribution in [0.15, 0.2) is 45.8 Å². The van der Waals surface area contributed by atoms with Crippen LogP contribution < -0.4 is 19.6 Å². The van der Waals surface area contributed by atoms with Gasteiger partial charge in [-0.15, -0.1) is 0 Å². The molecule has 0 spiro atoms. The van der Waals surface area contributed by atoms with E-state index in [9.17, 15) is 14.7 Å². The zero-order chi connectivity index (χ0) is 18.8. The van der Waals surface area contributed by atoms with Crippen molar-refractivity contribution in [2.75, 3.05) is 14.2 Å². The number of aromatic hydroxyl groups is 1. The molecule has 0 fully saturated rings. The highest BCUT2D eigenvalue weighted by Crippen LogP contribution is 2.43. The van der Waals surface area contributed by atoms with Crippen molar-refractivity contribution in [1.29, 1.82) is 0 Å². The Kier molecular flexibility index (Phi) is 4.53. The van der Waals surface area contributed by atoms with Crippen LogP contribution in [-0.2, 0) is 4.79 Å². The quantitative estimate of drug-likeness (QED) is 0.567. The van der Waals surface area contributed by atoms with Crippen molar-refractivity contribution in [2.45, 2.75) is 6.92 Å². The molecule has 0 unspecified atom stereocenters. The fraction of sp³-hybridized carbons (Fsp3) is 0.158. The minimum atomic E-state index is -0.583. The van der Waals surface area contributed by atoms with Gasteiger partial charge in [0.15, 0.2) is 11.5 Å². The average Bonchev–Trinajstić information content (AvgIpc) is 2.62. The van der Waals surface area contributed by atoms with E-state index in [1.807, 2.05) is 0 Å². The fourth-order valence-electron chi connectivity index (χ4n) is 2.64. The normalized spacial score (nSPS) is 10.6. The summed E-state index contributed by atoms with van der Waals surface area (Å²) in [5.41, 5.74) is 0.687. The molecule has 0 amide bonds. The molecule has 0 aliphatic heterocycles. The number of phenolic OH excluding ortho intramolecular Hbond substituents is 1. The summed E-state index contributed by atoms with van der Waals surface area (Å²) in [4.78, 5) is 24.5. The molecule has 1 N–H and O–H groups in total. The first-order valence-electron chi connectivity index (χ1n) is 7.64. The Morgan fingerprint density at radius 3 is 2.35 bits per heavy atom. The Labute approximate surface area is 148 Å². The van der Waals surface area contributed by atoms with Crippen LogP contribution in [0.3, 0.4) is 0 Å². The number of fused-ring (bicyclic) bond motifs is 1. The molecule has 1 aromatic heterocycles. The summed E-state index contributed by atoms with van der Waals surface area (Å²) in [6.07, 6.45) is 1.32. The molecule has 2 aromatic carbocycles. The van der Waals surface area contributed by atoms with Gasteiger partial charge in [-0.25, -0.2) is 0 Å². The SMILES string of the molecule is COc1cc2occ(-c3ccc(O)cc3)c(=O)c2c(OC)c1OC(C)=O. The number of phenols is 1. The molecular formula is C19H16O7. The average molecular weight is 356 g/mol. The zero-order valence-electron chi connectivity index (χ0n) is 14.4. The van der Waals surface area contributed by atoms with Gasteiger partial charge in [-0.05, 0) is 17.7 Å². The van der Waals surface area contributed by atoms with Gasteiger partial charge < -0.3 is 23.7 Å². The monoisotopic (exact) mass is 356 g/mol. The molecule has 0 aliphatic carbocycles. The van der Waals surface area contributed by atoms with Crippen molar-refractivity contribution < 1.29 is 28.5 Å². The summed E-state index contributed by atoms with van der Waals surface area (Å²) in [6, 6.07) is 7.58.